The number of piperidine rings is 2. The Balaban J connectivity index is 0.693. The molecule has 3 aromatic carbocycles. The van der Waals surface area contributed by atoms with Gasteiger partial charge < -0.3 is 53.4 Å². The fourth-order valence-electron chi connectivity index (χ4n) is 8.45. The molecule has 8 rings (SSSR count). The van der Waals surface area contributed by atoms with Crippen LogP contribution in [0.15, 0.2) is 77.7 Å². The second-order valence-electron chi connectivity index (χ2n) is 17.1. The second-order valence-corrected chi connectivity index (χ2v) is 17.5. The number of ether oxygens (including phenoxy) is 6. The van der Waals surface area contributed by atoms with Crippen molar-refractivity contribution >= 4 is 63.6 Å². The van der Waals surface area contributed by atoms with Gasteiger partial charge in [-0.2, -0.15) is 4.98 Å². The standard InChI is InChI=1S/C50H57ClN8O11/c1-52-45(61)31-70-43-27-33-25-35(9-12-40(33)57(2)49(43)64)54-46-39(51)28-53-50(56-46)58-17-15-36(16-18-58)69-30-32-7-3-4-8-42(32)68-20-6-5-19-65-21-22-66-23-24-67-37-10-11-38-34(26-37)29-59(48(38)63)41-13-14-44(60)55-47(41)62/h3-4,7-12,25-28,36,41H,5-6,13-24,29-31H2,1-2H3,(H,52,61)(H,53,54,56)(H,55,60,62). The van der Waals surface area contributed by atoms with Crippen LogP contribution in [0.2, 0.25) is 5.02 Å². The number of halogens is 1. The number of aryl methyl sites for hydroxylation is 1. The molecule has 3 aliphatic heterocycles. The lowest BCUT2D eigenvalue weighted by Crippen LogP contribution is -2.52. The van der Waals surface area contributed by atoms with E-state index in [1.165, 1.54) is 16.5 Å². The highest BCUT2D eigenvalue weighted by atomic mass is 35.5. The zero-order chi connectivity index (χ0) is 49.0. The Morgan fingerprint density at radius 1 is 0.857 bits per heavy atom. The van der Waals surface area contributed by atoms with Crippen LogP contribution in [0, 0.1) is 0 Å². The predicted octanol–water partition coefficient (Wildman–Crippen LogP) is 5.07. The highest BCUT2D eigenvalue weighted by molar-refractivity contribution is 6.33. The summed E-state index contributed by atoms with van der Waals surface area (Å²) in [5.41, 5.74) is 3.36. The number of carbonyl (C=O) groups excluding carboxylic acids is 4. The molecule has 2 saturated heterocycles. The number of unbranched alkanes of at least 4 members (excludes halogenated alkanes) is 1. The van der Waals surface area contributed by atoms with Gasteiger partial charge in [0.05, 0.1) is 50.9 Å². The first-order chi connectivity index (χ1) is 34.0. The third kappa shape index (κ3) is 12.5. The average Bonchev–Trinajstić information content (AvgIpc) is 3.69. The smallest absolute Gasteiger partial charge is 0.293 e. The first kappa shape index (κ1) is 49.6. The molecule has 3 aliphatic rings. The van der Waals surface area contributed by atoms with E-state index >= 15 is 0 Å². The maximum atomic E-state index is 12.9. The number of pyridine rings is 1. The fourth-order valence-corrected chi connectivity index (χ4v) is 8.59. The number of imide groups is 1. The van der Waals surface area contributed by atoms with Gasteiger partial charge in [-0.15, -0.1) is 0 Å². The fraction of sp³-hybridized carbons (Fsp3) is 0.420. The number of nitrogens with zero attached hydrogens (tertiary/aromatic N) is 5. The number of fused-ring (bicyclic) bond motifs is 2. The molecule has 0 bridgehead atoms. The van der Waals surface area contributed by atoms with Crippen molar-refractivity contribution in [2.45, 2.75) is 63.8 Å². The summed E-state index contributed by atoms with van der Waals surface area (Å²) < 4.78 is 36.8. The number of para-hydroxylation sites is 1. The van der Waals surface area contributed by atoms with Crippen LogP contribution in [-0.2, 0) is 48.8 Å². The molecule has 2 aromatic heterocycles. The third-order valence-corrected chi connectivity index (χ3v) is 12.6. The number of rotatable bonds is 23. The molecule has 19 nitrogen and oxygen atoms in total. The van der Waals surface area contributed by atoms with Crippen molar-refractivity contribution in [1.82, 2.24) is 30.1 Å². The van der Waals surface area contributed by atoms with Crippen LogP contribution < -0.4 is 40.6 Å². The van der Waals surface area contributed by atoms with Gasteiger partial charge in [-0.3, -0.25) is 29.3 Å². The van der Waals surface area contributed by atoms with Crippen molar-refractivity contribution in [3.05, 3.63) is 105 Å². The molecule has 1 unspecified atom stereocenters. The normalized spacial score (nSPS) is 16.0. The van der Waals surface area contributed by atoms with Crippen LogP contribution >= 0.6 is 11.6 Å². The van der Waals surface area contributed by atoms with E-state index in [4.69, 9.17) is 45.0 Å². The zero-order valence-electron chi connectivity index (χ0n) is 39.2. The van der Waals surface area contributed by atoms with E-state index in [-0.39, 0.29) is 48.2 Å². The molecule has 0 spiro atoms. The number of aromatic nitrogens is 3. The van der Waals surface area contributed by atoms with Crippen molar-refractivity contribution in [3.8, 4) is 17.2 Å². The third-order valence-electron chi connectivity index (χ3n) is 12.3. The van der Waals surface area contributed by atoms with Crippen LogP contribution in [0.4, 0.5) is 17.5 Å². The molecule has 1 atom stereocenters. The molecule has 370 valence electrons. The number of benzene rings is 3. The SMILES string of the molecule is CNC(=O)COc1cc2cc(Nc3nc(N4CCC(OCc5ccccc5OCCCCOCCOCCOc5ccc6c(c5)CN(C5CCC(=O)NC5=O)C6=O)CC4)ncc3Cl)ccc2n(C)c1=O. The van der Waals surface area contributed by atoms with E-state index in [2.05, 4.69) is 25.8 Å². The average molecular weight is 982 g/mol. The van der Waals surface area contributed by atoms with Crippen molar-refractivity contribution in [1.29, 1.82) is 0 Å². The second kappa shape index (κ2) is 23.7. The Hall–Kier alpha value is -6.80. The first-order valence-electron chi connectivity index (χ1n) is 23.4. The Morgan fingerprint density at radius 3 is 2.46 bits per heavy atom. The van der Waals surface area contributed by atoms with Crippen LogP contribution in [0.3, 0.4) is 0 Å². The number of anilines is 3. The molecule has 70 heavy (non-hydrogen) atoms. The number of nitrogens with one attached hydrogen (secondary N) is 3. The number of likely N-dealkylation sites (N-methyl/N-ethyl adjacent to an activating group) is 1. The molecule has 5 aromatic rings. The first-order valence-corrected chi connectivity index (χ1v) is 23.8. The van der Waals surface area contributed by atoms with Gasteiger partial charge >= 0.3 is 0 Å². The van der Waals surface area contributed by atoms with E-state index < -0.39 is 11.9 Å². The summed E-state index contributed by atoms with van der Waals surface area (Å²) in [6, 6.07) is 19.7. The van der Waals surface area contributed by atoms with E-state index in [1.54, 1.807) is 31.4 Å². The number of hydrogen-bond donors (Lipinski definition) is 3. The highest BCUT2D eigenvalue weighted by Gasteiger charge is 2.39. The maximum absolute atomic E-state index is 12.9. The van der Waals surface area contributed by atoms with Crippen molar-refractivity contribution < 1.29 is 47.6 Å². The van der Waals surface area contributed by atoms with Crippen LogP contribution in [0.1, 0.15) is 60.0 Å². The van der Waals surface area contributed by atoms with Gasteiger partial charge in [0.2, 0.25) is 17.8 Å². The van der Waals surface area contributed by atoms with Gasteiger partial charge in [0.1, 0.15) is 29.2 Å². The number of hydrogen-bond acceptors (Lipinski definition) is 15. The number of carbonyl (C=O) groups is 4. The minimum atomic E-state index is -0.653. The van der Waals surface area contributed by atoms with Crippen LogP contribution in [-0.4, -0.2) is 122 Å². The Bertz CT molecular complexity index is 2750. The van der Waals surface area contributed by atoms with Crippen molar-refractivity contribution in [2.24, 2.45) is 7.05 Å². The number of amides is 4. The Kier molecular flexibility index (Phi) is 16.8. The maximum Gasteiger partial charge on any atom is 0.293 e. The molecular formula is C50H57ClN8O11. The molecule has 3 N–H and O–H groups in total. The molecule has 5 heterocycles. The quantitative estimate of drug-likeness (QED) is 0.0576. The molecule has 4 amide bonds. The minimum absolute atomic E-state index is 0.0565. The van der Waals surface area contributed by atoms with Crippen LogP contribution in [0.5, 0.6) is 17.2 Å². The lowest BCUT2D eigenvalue weighted by molar-refractivity contribution is -0.137. The van der Waals surface area contributed by atoms with Crippen molar-refractivity contribution in [3.63, 3.8) is 0 Å². The molecule has 20 heteroatoms. The lowest BCUT2D eigenvalue weighted by atomic mass is 10.0. The van der Waals surface area contributed by atoms with E-state index in [9.17, 15) is 24.0 Å². The minimum Gasteiger partial charge on any atom is -0.493 e. The Morgan fingerprint density at radius 2 is 1.64 bits per heavy atom. The van der Waals surface area contributed by atoms with Gasteiger partial charge in [-0.1, -0.05) is 29.8 Å². The van der Waals surface area contributed by atoms with E-state index in [0.29, 0.717) is 112 Å². The van der Waals surface area contributed by atoms with Gasteiger partial charge in [0, 0.05) is 69.0 Å². The zero-order valence-corrected chi connectivity index (χ0v) is 40.0. The molecule has 0 radical (unpaired) electrons. The van der Waals surface area contributed by atoms with Crippen LogP contribution in [0.25, 0.3) is 10.9 Å². The van der Waals surface area contributed by atoms with E-state index in [1.807, 2.05) is 48.5 Å². The Labute approximate surface area is 409 Å². The summed E-state index contributed by atoms with van der Waals surface area (Å²) in [6.07, 6.45) is 5.41. The molecular weight excluding hydrogens is 924 g/mol. The monoisotopic (exact) mass is 980 g/mol. The van der Waals surface area contributed by atoms with Gasteiger partial charge in [0.15, 0.2) is 18.2 Å². The summed E-state index contributed by atoms with van der Waals surface area (Å²) in [7, 11) is 3.15. The van der Waals surface area contributed by atoms with Crippen molar-refractivity contribution in [2.75, 3.05) is 76.6 Å². The summed E-state index contributed by atoms with van der Waals surface area (Å²) >= 11 is 6.55. The molecule has 2 fully saturated rings. The summed E-state index contributed by atoms with van der Waals surface area (Å²) in [5, 5.41) is 9.17. The lowest BCUT2D eigenvalue weighted by Gasteiger charge is -2.32. The molecule has 0 saturated carbocycles. The predicted molar refractivity (Wildman–Crippen MR) is 260 cm³/mol. The summed E-state index contributed by atoms with van der Waals surface area (Å²) in [6.45, 7) is 4.59. The largest absolute Gasteiger partial charge is 0.493 e. The highest BCUT2D eigenvalue weighted by Crippen LogP contribution is 2.32. The summed E-state index contributed by atoms with van der Waals surface area (Å²) in [5.74, 6) is 1.18. The van der Waals surface area contributed by atoms with Gasteiger partial charge in [-0.05, 0) is 86.2 Å². The summed E-state index contributed by atoms with van der Waals surface area (Å²) in [4.78, 5) is 74.2. The molecule has 0 aliphatic carbocycles. The van der Waals surface area contributed by atoms with E-state index in [0.717, 1.165) is 47.9 Å². The topological polar surface area (TPSA) is 214 Å². The van der Waals surface area contributed by atoms with Gasteiger partial charge in [0.25, 0.3) is 17.4 Å². The van der Waals surface area contributed by atoms with Gasteiger partial charge in [-0.25, -0.2) is 4.98 Å².